The first-order chi connectivity index (χ1) is 7.15. The predicted molar refractivity (Wildman–Crippen MR) is 50.9 cm³/mol. The molecule has 0 bridgehead atoms. The molecule has 0 amide bonds. The van der Waals surface area contributed by atoms with Gasteiger partial charge < -0.3 is 9.90 Å². The largest absolute Gasteiger partial charge is 0.478 e. The summed E-state index contributed by atoms with van der Waals surface area (Å²) in [6.45, 7) is 0. The summed E-state index contributed by atoms with van der Waals surface area (Å²) in [7, 11) is 0. The summed E-state index contributed by atoms with van der Waals surface area (Å²) in [4.78, 5) is 20.4. The molecule has 1 N–H and O–H groups in total. The Morgan fingerprint density at radius 2 is 2.27 bits per heavy atom. The lowest BCUT2D eigenvalue weighted by atomic mass is 10.1. The molecule has 0 heterocycles. The normalized spacial score (nSPS) is 8.87. The number of carboxylic acid groups (broad SMARTS) is 1. The van der Waals surface area contributed by atoms with Crippen LogP contribution < -0.4 is 0 Å². The maximum atomic E-state index is 13.1. The summed E-state index contributed by atoms with van der Waals surface area (Å²) in [5.41, 5.74) is -0.0460. The maximum absolute atomic E-state index is 13.1. The Hall–Kier alpha value is -2.15. The van der Waals surface area contributed by atoms with Crippen LogP contribution in [0.2, 0.25) is 0 Å². The molecule has 0 aromatic heterocycles. The molecule has 0 aliphatic rings. The van der Waals surface area contributed by atoms with E-state index in [0.717, 1.165) is 12.1 Å². The lowest BCUT2D eigenvalue weighted by Crippen LogP contribution is -2.00. The van der Waals surface area contributed by atoms with E-state index in [1.54, 1.807) is 0 Å². The molecule has 0 saturated heterocycles. The van der Waals surface area contributed by atoms with Gasteiger partial charge in [0.15, 0.2) is 0 Å². The average Bonchev–Trinajstić information content (AvgIpc) is 2.17. The van der Waals surface area contributed by atoms with Crippen LogP contribution in [0.1, 0.15) is 22.3 Å². The number of carbonyl (C=O) groups is 2. The van der Waals surface area contributed by atoms with Gasteiger partial charge in [0.2, 0.25) is 0 Å². The van der Waals surface area contributed by atoms with Crippen molar-refractivity contribution in [2.24, 2.45) is 0 Å². The van der Waals surface area contributed by atoms with Crippen molar-refractivity contribution in [1.29, 1.82) is 0 Å². The van der Waals surface area contributed by atoms with Crippen LogP contribution >= 0.6 is 0 Å². The van der Waals surface area contributed by atoms with Crippen LogP contribution in [0.15, 0.2) is 18.2 Å². The molecule has 15 heavy (non-hydrogen) atoms. The zero-order valence-electron chi connectivity index (χ0n) is 7.66. The van der Waals surface area contributed by atoms with E-state index in [-0.39, 0.29) is 6.42 Å². The van der Waals surface area contributed by atoms with Crippen LogP contribution in [-0.2, 0) is 4.79 Å². The first-order valence-electron chi connectivity index (χ1n) is 4.10. The van der Waals surface area contributed by atoms with E-state index < -0.39 is 17.3 Å². The molecule has 1 rings (SSSR count). The molecule has 0 spiro atoms. The number of hydrogen-bond acceptors (Lipinski definition) is 2. The second kappa shape index (κ2) is 4.91. The molecule has 0 saturated carbocycles. The monoisotopic (exact) mass is 206 g/mol. The Balaban J connectivity index is 2.98. The zero-order chi connectivity index (χ0) is 11.3. The van der Waals surface area contributed by atoms with Crippen molar-refractivity contribution in [2.45, 2.75) is 6.42 Å². The van der Waals surface area contributed by atoms with E-state index in [4.69, 9.17) is 5.11 Å². The molecule has 4 heteroatoms. The van der Waals surface area contributed by atoms with Gasteiger partial charge in [-0.05, 0) is 18.2 Å². The van der Waals surface area contributed by atoms with Crippen LogP contribution in [0.25, 0.3) is 0 Å². The van der Waals surface area contributed by atoms with Crippen molar-refractivity contribution in [3.63, 3.8) is 0 Å². The number of carbonyl (C=O) groups excluding carboxylic acids is 1. The standard InChI is InChI=1S/C11H7FO3/c12-10-7-8(3-1-2-6-13)4-5-9(10)11(14)15/h4-7H,2H2,(H,14,15). The molecule has 1 aromatic carbocycles. The Morgan fingerprint density at radius 1 is 1.53 bits per heavy atom. The van der Waals surface area contributed by atoms with Gasteiger partial charge in [-0.25, -0.2) is 9.18 Å². The zero-order valence-corrected chi connectivity index (χ0v) is 7.66. The molecule has 1 aromatic rings. The molecule has 0 aliphatic heterocycles. The summed E-state index contributed by atoms with van der Waals surface area (Å²) in [6, 6.07) is 3.56. The minimum Gasteiger partial charge on any atom is -0.478 e. The third kappa shape index (κ3) is 2.92. The smallest absolute Gasteiger partial charge is 0.338 e. The van der Waals surface area contributed by atoms with Gasteiger partial charge in [0.05, 0.1) is 12.0 Å². The van der Waals surface area contributed by atoms with Gasteiger partial charge in [-0.1, -0.05) is 11.8 Å². The summed E-state index contributed by atoms with van der Waals surface area (Å²) < 4.78 is 13.1. The Labute approximate surface area is 85.5 Å². The molecular weight excluding hydrogens is 199 g/mol. The number of halogens is 1. The van der Waals surface area contributed by atoms with Crippen LogP contribution in [0, 0.1) is 17.7 Å². The Morgan fingerprint density at radius 3 is 2.80 bits per heavy atom. The van der Waals surface area contributed by atoms with Crippen molar-refractivity contribution in [1.82, 2.24) is 0 Å². The van der Waals surface area contributed by atoms with Gasteiger partial charge in [0.1, 0.15) is 12.1 Å². The van der Waals surface area contributed by atoms with E-state index in [0.29, 0.717) is 11.8 Å². The molecule has 0 atom stereocenters. The van der Waals surface area contributed by atoms with E-state index in [2.05, 4.69) is 11.8 Å². The summed E-state index contributed by atoms with van der Waals surface area (Å²) in [5.74, 6) is 2.88. The summed E-state index contributed by atoms with van der Waals surface area (Å²) in [5, 5.41) is 8.55. The third-order valence-electron chi connectivity index (χ3n) is 1.62. The van der Waals surface area contributed by atoms with Gasteiger partial charge >= 0.3 is 5.97 Å². The molecule has 76 valence electrons. The van der Waals surface area contributed by atoms with E-state index in [9.17, 15) is 14.0 Å². The van der Waals surface area contributed by atoms with Gasteiger partial charge in [-0.3, -0.25) is 0 Å². The fourth-order valence-corrected chi connectivity index (χ4v) is 0.961. The Bertz CT molecular complexity index is 455. The van der Waals surface area contributed by atoms with Gasteiger partial charge in [0, 0.05) is 5.56 Å². The van der Waals surface area contributed by atoms with Crippen molar-refractivity contribution in [3.8, 4) is 11.8 Å². The maximum Gasteiger partial charge on any atom is 0.338 e. The van der Waals surface area contributed by atoms with Crippen molar-refractivity contribution < 1.29 is 19.1 Å². The molecular formula is C11H7FO3. The van der Waals surface area contributed by atoms with Crippen molar-refractivity contribution >= 4 is 12.3 Å². The lowest BCUT2D eigenvalue weighted by molar-refractivity contribution is -0.107. The van der Waals surface area contributed by atoms with Crippen molar-refractivity contribution in [3.05, 3.63) is 35.1 Å². The minimum absolute atomic E-state index is 0.0717. The summed E-state index contributed by atoms with van der Waals surface area (Å²) in [6.07, 6.45) is 0.706. The van der Waals surface area contributed by atoms with Crippen molar-refractivity contribution in [2.75, 3.05) is 0 Å². The first kappa shape index (κ1) is 10.9. The molecule has 0 aliphatic carbocycles. The molecule has 3 nitrogen and oxygen atoms in total. The quantitative estimate of drug-likeness (QED) is 0.588. The first-order valence-corrected chi connectivity index (χ1v) is 4.10. The van der Waals surface area contributed by atoms with Gasteiger partial charge in [0.25, 0.3) is 0 Å². The lowest BCUT2D eigenvalue weighted by Gasteiger charge is -1.96. The Kier molecular flexibility index (Phi) is 3.58. The summed E-state index contributed by atoms with van der Waals surface area (Å²) >= 11 is 0. The fraction of sp³-hybridized carbons (Fsp3) is 0.0909. The highest BCUT2D eigenvalue weighted by molar-refractivity contribution is 5.88. The molecule has 0 fully saturated rings. The van der Waals surface area contributed by atoms with E-state index in [1.807, 2.05) is 0 Å². The highest BCUT2D eigenvalue weighted by Crippen LogP contribution is 2.09. The fourth-order valence-electron chi connectivity index (χ4n) is 0.961. The van der Waals surface area contributed by atoms with Gasteiger partial charge in [-0.2, -0.15) is 0 Å². The third-order valence-corrected chi connectivity index (χ3v) is 1.62. The molecule has 0 radical (unpaired) electrons. The highest BCUT2D eigenvalue weighted by atomic mass is 19.1. The topological polar surface area (TPSA) is 54.4 Å². The predicted octanol–water partition coefficient (Wildman–Crippen LogP) is 1.46. The van der Waals surface area contributed by atoms with Crippen LogP contribution in [0.5, 0.6) is 0 Å². The van der Waals surface area contributed by atoms with E-state index >= 15 is 0 Å². The minimum atomic E-state index is -1.32. The second-order valence-electron chi connectivity index (χ2n) is 2.67. The average molecular weight is 206 g/mol. The number of hydrogen-bond donors (Lipinski definition) is 1. The number of aldehydes is 1. The number of benzene rings is 1. The highest BCUT2D eigenvalue weighted by Gasteiger charge is 2.09. The SMILES string of the molecule is O=CCC#Cc1ccc(C(=O)O)c(F)c1. The van der Waals surface area contributed by atoms with E-state index in [1.165, 1.54) is 6.07 Å². The number of carboxylic acids is 1. The van der Waals surface area contributed by atoms with Crippen LogP contribution in [-0.4, -0.2) is 17.4 Å². The van der Waals surface area contributed by atoms with Crippen LogP contribution in [0.4, 0.5) is 4.39 Å². The van der Waals surface area contributed by atoms with Crippen LogP contribution in [0.3, 0.4) is 0 Å². The molecule has 0 unspecified atom stereocenters. The number of rotatable bonds is 2. The second-order valence-corrected chi connectivity index (χ2v) is 2.67. The van der Waals surface area contributed by atoms with Gasteiger partial charge in [-0.15, -0.1) is 0 Å². The number of aromatic carboxylic acids is 1.